The van der Waals surface area contributed by atoms with Crippen molar-refractivity contribution in [2.45, 2.75) is 70.3 Å². The summed E-state index contributed by atoms with van der Waals surface area (Å²) >= 11 is 0. The first-order valence-corrected chi connectivity index (χ1v) is 10.6. The molecule has 1 N–H and O–H groups in total. The van der Waals surface area contributed by atoms with Crippen molar-refractivity contribution >= 4 is 5.97 Å². The summed E-state index contributed by atoms with van der Waals surface area (Å²) in [4.78, 5) is 12.7. The Morgan fingerprint density at radius 2 is 2.07 bits per heavy atom. The van der Waals surface area contributed by atoms with E-state index < -0.39 is 0 Å². The number of carbonyl (C=O) groups is 1. The predicted molar refractivity (Wildman–Crippen MR) is 103 cm³/mol. The first-order chi connectivity index (χ1) is 13.0. The van der Waals surface area contributed by atoms with Crippen molar-refractivity contribution in [3.8, 4) is 0 Å². The van der Waals surface area contributed by atoms with Crippen LogP contribution >= 0.6 is 0 Å². The molecular weight excluding hydrogens is 338 g/mol. The van der Waals surface area contributed by atoms with E-state index in [1.54, 1.807) is 0 Å². The highest BCUT2D eigenvalue weighted by Gasteiger charge is 2.78. The zero-order valence-corrected chi connectivity index (χ0v) is 16.6. The third-order valence-corrected chi connectivity index (χ3v) is 8.14. The van der Waals surface area contributed by atoms with Crippen LogP contribution in [0.2, 0.25) is 0 Å². The number of rotatable bonds is 4. The van der Waals surface area contributed by atoms with Gasteiger partial charge in [-0.1, -0.05) is 50.6 Å². The van der Waals surface area contributed by atoms with E-state index in [9.17, 15) is 4.79 Å². The first kappa shape index (κ1) is 17.7. The Morgan fingerprint density at radius 1 is 1.30 bits per heavy atom. The maximum absolute atomic E-state index is 12.7. The van der Waals surface area contributed by atoms with Crippen molar-refractivity contribution in [1.29, 1.82) is 0 Å². The van der Waals surface area contributed by atoms with E-state index in [1.165, 1.54) is 24.8 Å². The largest absolute Gasteiger partial charge is 0.462 e. The van der Waals surface area contributed by atoms with E-state index >= 15 is 0 Å². The molecule has 1 aromatic carbocycles. The lowest BCUT2D eigenvalue weighted by Crippen LogP contribution is -2.54. The van der Waals surface area contributed by atoms with Gasteiger partial charge in [0.2, 0.25) is 0 Å². The summed E-state index contributed by atoms with van der Waals surface area (Å²) in [6.07, 6.45) is 4.90. The maximum atomic E-state index is 12.7. The molecule has 0 unspecified atom stereocenters. The number of carbonyl (C=O) groups excluding carboxylic acids is 1. The maximum Gasteiger partial charge on any atom is 0.311 e. The minimum Gasteiger partial charge on any atom is -0.462 e. The summed E-state index contributed by atoms with van der Waals surface area (Å²) in [6.45, 7) is 7.54. The Kier molecular flexibility index (Phi) is 3.97. The minimum absolute atomic E-state index is 0.0102. The quantitative estimate of drug-likeness (QED) is 0.647. The Morgan fingerprint density at radius 3 is 2.85 bits per heavy atom. The lowest BCUT2D eigenvalue weighted by molar-refractivity contribution is -0.146. The van der Waals surface area contributed by atoms with Crippen molar-refractivity contribution in [1.82, 2.24) is 5.32 Å². The molecule has 2 heterocycles. The van der Waals surface area contributed by atoms with Gasteiger partial charge in [-0.15, -0.1) is 0 Å². The van der Waals surface area contributed by atoms with E-state index in [1.807, 2.05) is 6.07 Å². The average Bonchev–Trinajstić information content (AvgIpc) is 3.34. The third-order valence-electron chi connectivity index (χ3n) is 8.14. The van der Waals surface area contributed by atoms with Crippen molar-refractivity contribution in [2.24, 2.45) is 23.2 Å². The average molecular weight is 370 g/mol. The fourth-order valence-electron chi connectivity index (χ4n) is 6.63. The van der Waals surface area contributed by atoms with Crippen LogP contribution in [0.5, 0.6) is 0 Å². The molecule has 1 aromatic rings. The molecule has 2 saturated heterocycles. The molecule has 0 amide bonds. The van der Waals surface area contributed by atoms with Gasteiger partial charge in [0.25, 0.3) is 0 Å². The highest BCUT2D eigenvalue weighted by atomic mass is 16.6. The molecule has 4 aliphatic rings. The zero-order chi connectivity index (χ0) is 18.8. The molecule has 4 heteroatoms. The molecule has 4 nitrogen and oxygen atoms in total. The standard InChI is InChI=1S/C23H31NO3/c1-14-8-7-11-22(3)12-18-19(20-23(14,22)27-20)17(21(25)26-18)13-24-15(2)16-9-5-4-6-10-16/h4-6,9-10,14-15,17-20,24H,7-8,11-13H2,1-3H3/t14-,15-,17+,18+,19+,20-,22+,23-/m0/s1. The van der Waals surface area contributed by atoms with Gasteiger partial charge in [-0.2, -0.15) is 0 Å². The second-order valence-corrected chi connectivity index (χ2v) is 9.59. The molecule has 1 spiro atoms. The van der Waals surface area contributed by atoms with Crippen molar-refractivity contribution in [2.75, 3.05) is 6.54 Å². The van der Waals surface area contributed by atoms with Crippen LogP contribution in [0.25, 0.3) is 0 Å². The fourth-order valence-corrected chi connectivity index (χ4v) is 6.63. The number of hydrogen-bond donors (Lipinski definition) is 1. The molecule has 0 aromatic heterocycles. The van der Waals surface area contributed by atoms with Crippen LogP contribution in [0.15, 0.2) is 30.3 Å². The zero-order valence-electron chi connectivity index (χ0n) is 16.6. The molecule has 2 aliphatic heterocycles. The smallest absolute Gasteiger partial charge is 0.311 e. The van der Waals surface area contributed by atoms with Gasteiger partial charge in [0.1, 0.15) is 11.7 Å². The fraction of sp³-hybridized carbons (Fsp3) is 0.696. The second-order valence-electron chi connectivity index (χ2n) is 9.59. The van der Waals surface area contributed by atoms with E-state index in [0.29, 0.717) is 12.5 Å². The number of nitrogens with one attached hydrogen (secondary N) is 1. The molecule has 27 heavy (non-hydrogen) atoms. The normalized spacial score (nSPS) is 46.0. The monoisotopic (exact) mass is 369 g/mol. The van der Waals surface area contributed by atoms with E-state index in [4.69, 9.17) is 9.47 Å². The number of ether oxygens (including phenoxy) is 2. The van der Waals surface area contributed by atoms with Crippen LogP contribution in [-0.4, -0.2) is 30.3 Å². The van der Waals surface area contributed by atoms with E-state index in [0.717, 1.165) is 6.42 Å². The Balaban J connectivity index is 1.34. The van der Waals surface area contributed by atoms with Gasteiger partial charge in [-0.25, -0.2) is 0 Å². The van der Waals surface area contributed by atoms with Crippen LogP contribution in [0.3, 0.4) is 0 Å². The summed E-state index contributed by atoms with van der Waals surface area (Å²) in [5.41, 5.74) is 1.40. The Labute approximate surface area is 162 Å². The molecular formula is C23H31NO3. The SMILES string of the molecule is C[C@H](NC[C@H]1C(=O)O[C@@H]2C[C@@]3(C)CCC[C@H](C)[C@@]34O[C@H]4[C@@H]21)c1ccccc1. The third kappa shape index (κ3) is 2.45. The molecule has 0 radical (unpaired) electrons. The van der Waals surface area contributed by atoms with E-state index in [-0.39, 0.29) is 47.1 Å². The van der Waals surface area contributed by atoms with Gasteiger partial charge in [0, 0.05) is 23.9 Å². The Bertz CT molecular complexity index is 736. The van der Waals surface area contributed by atoms with Crippen molar-refractivity contribution in [3.63, 3.8) is 0 Å². The second kappa shape index (κ2) is 6.05. The molecule has 146 valence electrons. The van der Waals surface area contributed by atoms with Gasteiger partial charge in [-0.3, -0.25) is 4.79 Å². The molecule has 2 saturated carbocycles. The summed E-state index contributed by atoms with van der Waals surface area (Å²) in [7, 11) is 0. The van der Waals surface area contributed by atoms with Crippen molar-refractivity contribution < 1.29 is 14.3 Å². The van der Waals surface area contributed by atoms with Crippen LogP contribution in [0, 0.1) is 23.2 Å². The first-order valence-electron chi connectivity index (χ1n) is 10.6. The van der Waals surface area contributed by atoms with Crippen LogP contribution in [0.1, 0.15) is 58.1 Å². The highest BCUT2D eigenvalue weighted by molar-refractivity contribution is 5.76. The van der Waals surface area contributed by atoms with Crippen LogP contribution in [0.4, 0.5) is 0 Å². The topological polar surface area (TPSA) is 50.9 Å². The molecule has 5 rings (SSSR count). The minimum atomic E-state index is -0.0933. The van der Waals surface area contributed by atoms with Crippen molar-refractivity contribution in [3.05, 3.63) is 35.9 Å². The van der Waals surface area contributed by atoms with Gasteiger partial charge >= 0.3 is 5.97 Å². The van der Waals surface area contributed by atoms with Gasteiger partial charge in [0.05, 0.1) is 12.0 Å². The number of hydrogen-bond acceptors (Lipinski definition) is 4. The summed E-state index contributed by atoms with van der Waals surface area (Å²) in [5.74, 6) is 0.666. The number of benzene rings is 1. The van der Waals surface area contributed by atoms with Gasteiger partial charge in [0.15, 0.2) is 0 Å². The number of esters is 1. The predicted octanol–water partition coefficient (Wildman–Crippen LogP) is 3.86. The van der Waals surface area contributed by atoms with Crippen LogP contribution < -0.4 is 5.32 Å². The number of epoxide rings is 1. The summed E-state index contributed by atoms with van der Waals surface area (Å²) < 4.78 is 12.4. The van der Waals surface area contributed by atoms with Gasteiger partial charge < -0.3 is 14.8 Å². The van der Waals surface area contributed by atoms with Crippen LogP contribution in [-0.2, 0) is 14.3 Å². The summed E-state index contributed by atoms with van der Waals surface area (Å²) in [5, 5.41) is 3.58. The number of fused-ring (bicyclic) bond motifs is 2. The molecule has 4 fully saturated rings. The Hall–Kier alpha value is -1.39. The lowest BCUT2D eigenvalue weighted by atomic mass is 9.53. The highest BCUT2D eigenvalue weighted by Crippen LogP contribution is 2.70. The lowest BCUT2D eigenvalue weighted by Gasteiger charge is -2.48. The van der Waals surface area contributed by atoms with E-state index in [2.05, 4.69) is 50.4 Å². The molecule has 2 aliphatic carbocycles. The van der Waals surface area contributed by atoms with Gasteiger partial charge in [-0.05, 0) is 37.7 Å². The molecule has 0 bridgehead atoms. The summed E-state index contributed by atoms with van der Waals surface area (Å²) in [6, 6.07) is 10.6. The molecule has 8 atom stereocenters.